The van der Waals surface area contributed by atoms with Crippen LogP contribution in [0, 0.1) is 0 Å². The molecule has 32 heavy (non-hydrogen) atoms. The maximum atomic E-state index is 5.78. The van der Waals surface area contributed by atoms with Gasteiger partial charge in [0.2, 0.25) is 0 Å². The first-order valence-corrected chi connectivity index (χ1v) is 11.1. The highest BCUT2D eigenvalue weighted by molar-refractivity contribution is 14.0. The fourth-order valence-corrected chi connectivity index (χ4v) is 2.65. The van der Waals surface area contributed by atoms with E-state index in [1.165, 1.54) is 0 Å². The zero-order chi connectivity index (χ0) is 22.0. The molecule has 0 spiro atoms. The fourth-order valence-electron chi connectivity index (χ4n) is 2.65. The van der Waals surface area contributed by atoms with Crippen LogP contribution in [-0.4, -0.2) is 50.5 Å². The van der Waals surface area contributed by atoms with Crippen molar-refractivity contribution in [1.82, 2.24) is 15.6 Å². The number of aromatic nitrogens is 1. The Balaban J connectivity index is 0.00000512. The summed E-state index contributed by atoms with van der Waals surface area (Å²) in [5, 5.41) is 6.55. The Morgan fingerprint density at radius 3 is 2.41 bits per heavy atom. The number of rotatable bonds is 15. The Hall–Kier alpha value is -1.91. The minimum Gasteiger partial charge on any atom is -0.487 e. The Labute approximate surface area is 209 Å². The standard InChI is InChI=1S/C24H36N4O3.HI/c1-3-5-15-29-17-18-30-16-14-27-24(25-4-2)28-19-21-9-11-23(12-10-21)31-20-22-8-6-7-13-26-22;/h6-13H,3-5,14-20H2,1-2H3,(H2,25,27,28);1H. The van der Waals surface area contributed by atoms with Crippen molar-refractivity contribution < 1.29 is 14.2 Å². The van der Waals surface area contributed by atoms with Crippen LogP contribution in [0.3, 0.4) is 0 Å². The summed E-state index contributed by atoms with van der Waals surface area (Å²) in [6.07, 6.45) is 4.02. The Morgan fingerprint density at radius 1 is 0.938 bits per heavy atom. The molecule has 0 aliphatic heterocycles. The van der Waals surface area contributed by atoms with E-state index >= 15 is 0 Å². The van der Waals surface area contributed by atoms with Crippen LogP contribution < -0.4 is 15.4 Å². The molecule has 0 unspecified atom stereocenters. The molecule has 1 aromatic carbocycles. The van der Waals surface area contributed by atoms with Gasteiger partial charge in [0.1, 0.15) is 12.4 Å². The Morgan fingerprint density at radius 2 is 1.72 bits per heavy atom. The van der Waals surface area contributed by atoms with Crippen LogP contribution in [0.1, 0.15) is 37.9 Å². The van der Waals surface area contributed by atoms with Crippen molar-refractivity contribution in [3.05, 3.63) is 59.9 Å². The maximum Gasteiger partial charge on any atom is 0.191 e. The van der Waals surface area contributed by atoms with Gasteiger partial charge in [-0.2, -0.15) is 0 Å². The van der Waals surface area contributed by atoms with Crippen LogP contribution in [-0.2, 0) is 22.6 Å². The first-order valence-electron chi connectivity index (χ1n) is 11.1. The largest absolute Gasteiger partial charge is 0.487 e. The smallest absolute Gasteiger partial charge is 0.191 e. The molecule has 0 amide bonds. The van der Waals surface area contributed by atoms with Crippen LogP contribution in [0.4, 0.5) is 0 Å². The summed E-state index contributed by atoms with van der Waals surface area (Å²) >= 11 is 0. The molecule has 0 bridgehead atoms. The van der Waals surface area contributed by atoms with E-state index in [0.717, 1.165) is 49.0 Å². The average Bonchev–Trinajstić information content (AvgIpc) is 2.81. The molecule has 2 rings (SSSR count). The molecule has 0 saturated heterocycles. The molecular formula is C24H37IN4O3. The molecule has 0 fully saturated rings. The third kappa shape index (κ3) is 12.8. The number of nitrogens with one attached hydrogen (secondary N) is 2. The lowest BCUT2D eigenvalue weighted by Crippen LogP contribution is -2.39. The van der Waals surface area contributed by atoms with Gasteiger partial charge < -0.3 is 24.8 Å². The fraction of sp³-hybridized carbons (Fsp3) is 0.500. The second-order valence-corrected chi connectivity index (χ2v) is 6.95. The van der Waals surface area contributed by atoms with Crippen molar-refractivity contribution in [1.29, 1.82) is 0 Å². The van der Waals surface area contributed by atoms with Gasteiger partial charge in [-0.15, -0.1) is 24.0 Å². The van der Waals surface area contributed by atoms with Crippen LogP contribution in [0.2, 0.25) is 0 Å². The van der Waals surface area contributed by atoms with Gasteiger partial charge >= 0.3 is 0 Å². The summed E-state index contributed by atoms with van der Waals surface area (Å²) in [6.45, 7) is 9.44. The highest BCUT2D eigenvalue weighted by Crippen LogP contribution is 2.14. The van der Waals surface area contributed by atoms with Gasteiger partial charge in [0, 0.05) is 25.9 Å². The predicted octanol–water partition coefficient (Wildman–Crippen LogP) is 4.17. The van der Waals surface area contributed by atoms with E-state index in [4.69, 9.17) is 14.2 Å². The normalized spacial score (nSPS) is 11.0. The molecule has 0 radical (unpaired) electrons. The van der Waals surface area contributed by atoms with E-state index in [9.17, 15) is 0 Å². The van der Waals surface area contributed by atoms with E-state index in [0.29, 0.717) is 39.5 Å². The van der Waals surface area contributed by atoms with E-state index in [-0.39, 0.29) is 24.0 Å². The van der Waals surface area contributed by atoms with Gasteiger partial charge in [-0.05, 0) is 43.2 Å². The van der Waals surface area contributed by atoms with Crippen molar-refractivity contribution in [3.63, 3.8) is 0 Å². The van der Waals surface area contributed by atoms with Gasteiger partial charge in [0.25, 0.3) is 0 Å². The molecule has 2 aromatic rings. The summed E-state index contributed by atoms with van der Waals surface area (Å²) in [7, 11) is 0. The molecule has 2 N–H and O–H groups in total. The zero-order valence-corrected chi connectivity index (χ0v) is 21.5. The number of unbranched alkanes of at least 4 members (excludes halogenated alkanes) is 1. The number of nitrogens with zero attached hydrogens (tertiary/aromatic N) is 2. The molecule has 0 aliphatic rings. The second-order valence-electron chi connectivity index (χ2n) is 6.95. The number of guanidine groups is 1. The lowest BCUT2D eigenvalue weighted by atomic mass is 10.2. The SMILES string of the molecule is CCCCOCCOCCNC(=NCc1ccc(OCc2ccccn2)cc1)NCC.I. The second kappa shape index (κ2) is 18.6. The lowest BCUT2D eigenvalue weighted by Gasteiger charge is -2.12. The van der Waals surface area contributed by atoms with Crippen molar-refractivity contribution >= 4 is 29.9 Å². The molecule has 178 valence electrons. The number of hydrogen-bond acceptors (Lipinski definition) is 5. The molecule has 1 aromatic heterocycles. The van der Waals surface area contributed by atoms with E-state index in [2.05, 4.69) is 34.5 Å². The van der Waals surface area contributed by atoms with Crippen LogP contribution in [0.5, 0.6) is 5.75 Å². The summed E-state index contributed by atoms with van der Waals surface area (Å²) in [5.41, 5.74) is 2.02. The van der Waals surface area contributed by atoms with Crippen molar-refractivity contribution in [2.75, 3.05) is 39.5 Å². The highest BCUT2D eigenvalue weighted by atomic mass is 127. The first-order chi connectivity index (χ1) is 15.3. The molecule has 1 heterocycles. The van der Waals surface area contributed by atoms with Crippen LogP contribution >= 0.6 is 24.0 Å². The minimum atomic E-state index is 0. The Kier molecular flexibility index (Phi) is 16.4. The number of pyridine rings is 1. The highest BCUT2D eigenvalue weighted by Gasteiger charge is 2.00. The zero-order valence-electron chi connectivity index (χ0n) is 19.2. The summed E-state index contributed by atoms with van der Waals surface area (Å²) < 4.78 is 16.8. The van der Waals surface area contributed by atoms with Gasteiger partial charge in [0.15, 0.2) is 5.96 Å². The molecular weight excluding hydrogens is 519 g/mol. The third-order valence-electron chi connectivity index (χ3n) is 4.35. The molecule has 7 nitrogen and oxygen atoms in total. The van der Waals surface area contributed by atoms with Gasteiger partial charge in [-0.1, -0.05) is 31.5 Å². The number of halogens is 1. The van der Waals surface area contributed by atoms with Crippen LogP contribution in [0.25, 0.3) is 0 Å². The van der Waals surface area contributed by atoms with E-state index in [1.54, 1.807) is 6.20 Å². The summed E-state index contributed by atoms with van der Waals surface area (Å²) in [5.74, 6) is 1.60. The van der Waals surface area contributed by atoms with Crippen molar-refractivity contribution in [3.8, 4) is 5.75 Å². The first kappa shape index (κ1) is 28.1. The minimum absolute atomic E-state index is 0. The average molecular weight is 556 g/mol. The third-order valence-corrected chi connectivity index (χ3v) is 4.35. The Bertz CT molecular complexity index is 730. The van der Waals surface area contributed by atoms with E-state index < -0.39 is 0 Å². The summed E-state index contributed by atoms with van der Waals surface area (Å²) in [4.78, 5) is 8.90. The van der Waals surface area contributed by atoms with E-state index in [1.807, 2.05) is 42.5 Å². The van der Waals surface area contributed by atoms with Gasteiger partial charge in [-0.3, -0.25) is 4.98 Å². The number of ether oxygens (including phenoxy) is 3. The topological polar surface area (TPSA) is 77.0 Å². The number of benzene rings is 1. The van der Waals surface area contributed by atoms with Gasteiger partial charge in [-0.25, -0.2) is 4.99 Å². The summed E-state index contributed by atoms with van der Waals surface area (Å²) in [6, 6.07) is 13.8. The quantitative estimate of drug-likeness (QED) is 0.149. The maximum absolute atomic E-state index is 5.78. The number of hydrogen-bond donors (Lipinski definition) is 2. The molecule has 8 heteroatoms. The van der Waals surface area contributed by atoms with Crippen molar-refractivity contribution in [2.45, 2.75) is 39.8 Å². The van der Waals surface area contributed by atoms with Gasteiger partial charge in [0.05, 0.1) is 32.1 Å². The number of aliphatic imine (C=N–C) groups is 1. The predicted molar refractivity (Wildman–Crippen MR) is 140 cm³/mol. The molecule has 0 aliphatic carbocycles. The monoisotopic (exact) mass is 556 g/mol. The molecule has 0 saturated carbocycles. The van der Waals surface area contributed by atoms with Crippen LogP contribution in [0.15, 0.2) is 53.7 Å². The molecule has 0 atom stereocenters. The lowest BCUT2D eigenvalue weighted by molar-refractivity contribution is 0.0487. The van der Waals surface area contributed by atoms with Crippen molar-refractivity contribution in [2.24, 2.45) is 4.99 Å².